The summed E-state index contributed by atoms with van der Waals surface area (Å²) in [6.45, 7) is 7.50. The summed E-state index contributed by atoms with van der Waals surface area (Å²) in [6, 6.07) is 2.74. The highest BCUT2D eigenvalue weighted by atomic mass is 16.7. The SMILES string of the molecule is CCCCCOC(=O)Oc1ccc(C(C(C)COC(=O)OCC)[C@H](N)C(=O)O)cc1OC(=O)OCCCCC. The molecule has 0 aliphatic heterocycles. The molecule has 12 nitrogen and oxygen atoms in total. The van der Waals surface area contributed by atoms with Crippen molar-refractivity contribution in [2.24, 2.45) is 11.7 Å². The number of hydrogen-bond donors (Lipinski definition) is 2. The molecule has 2 unspecified atom stereocenters. The van der Waals surface area contributed by atoms with E-state index in [0.29, 0.717) is 18.4 Å². The van der Waals surface area contributed by atoms with Crippen molar-refractivity contribution in [2.75, 3.05) is 26.4 Å². The lowest BCUT2D eigenvalue weighted by Crippen LogP contribution is -2.40. The van der Waals surface area contributed by atoms with Crippen LogP contribution < -0.4 is 15.2 Å². The number of nitrogens with two attached hydrogens (primary N) is 1. The predicted molar refractivity (Wildman–Crippen MR) is 140 cm³/mol. The molecule has 1 aromatic carbocycles. The number of carboxylic acid groups (broad SMARTS) is 1. The third kappa shape index (κ3) is 12.7. The van der Waals surface area contributed by atoms with Crippen LogP contribution in [0.2, 0.25) is 0 Å². The lowest BCUT2D eigenvalue weighted by atomic mass is 9.82. The van der Waals surface area contributed by atoms with Crippen LogP contribution in [0.25, 0.3) is 0 Å². The van der Waals surface area contributed by atoms with E-state index in [1.54, 1.807) is 13.8 Å². The molecule has 0 bridgehead atoms. The highest BCUT2D eigenvalue weighted by Crippen LogP contribution is 2.36. The maximum absolute atomic E-state index is 12.3. The Balaban J connectivity index is 3.23. The second-order valence-corrected chi connectivity index (χ2v) is 8.88. The van der Waals surface area contributed by atoms with Crippen molar-refractivity contribution in [1.82, 2.24) is 0 Å². The Hall–Kier alpha value is -3.54. The Bertz CT molecular complexity index is 921. The largest absolute Gasteiger partial charge is 0.513 e. The molecular weight excluding hydrogens is 514 g/mol. The highest BCUT2D eigenvalue weighted by molar-refractivity contribution is 5.75. The van der Waals surface area contributed by atoms with Gasteiger partial charge in [0, 0.05) is 5.92 Å². The third-order valence-corrected chi connectivity index (χ3v) is 5.69. The van der Waals surface area contributed by atoms with Gasteiger partial charge in [-0.25, -0.2) is 14.4 Å². The van der Waals surface area contributed by atoms with E-state index >= 15 is 0 Å². The van der Waals surface area contributed by atoms with E-state index in [4.69, 9.17) is 34.2 Å². The first-order valence-corrected chi connectivity index (χ1v) is 13.3. The quantitative estimate of drug-likeness (QED) is 0.109. The molecule has 220 valence electrons. The van der Waals surface area contributed by atoms with Crippen molar-refractivity contribution in [3.05, 3.63) is 23.8 Å². The number of benzene rings is 1. The molecule has 0 spiro atoms. The lowest BCUT2D eigenvalue weighted by Gasteiger charge is -2.27. The molecule has 0 fully saturated rings. The van der Waals surface area contributed by atoms with E-state index in [1.807, 2.05) is 13.8 Å². The zero-order valence-corrected chi connectivity index (χ0v) is 23.1. The van der Waals surface area contributed by atoms with Gasteiger partial charge in [0.25, 0.3) is 0 Å². The van der Waals surface area contributed by atoms with E-state index in [1.165, 1.54) is 18.2 Å². The zero-order valence-electron chi connectivity index (χ0n) is 23.1. The summed E-state index contributed by atoms with van der Waals surface area (Å²) in [7, 11) is 0. The first kappa shape index (κ1) is 33.5. The Kier molecular flexibility index (Phi) is 16.0. The molecule has 0 aliphatic carbocycles. The number of carbonyl (C=O) groups excluding carboxylic acids is 3. The summed E-state index contributed by atoms with van der Waals surface area (Å²) in [5, 5.41) is 9.63. The van der Waals surface area contributed by atoms with Gasteiger partial charge in [0.2, 0.25) is 0 Å². The minimum atomic E-state index is -1.41. The standard InChI is InChI=1S/C27H41NO11/c1-5-8-10-14-35-26(32)38-20-13-12-19(16-21(20)39-27(33)36-15-11-9-6-2)22(23(28)24(29)30)18(4)17-37-25(31)34-7-3/h12-13,16,18,22-23H,5-11,14-15,17,28H2,1-4H3,(H,29,30)/t18?,22?,23-/m0/s1. The van der Waals surface area contributed by atoms with Crippen LogP contribution >= 0.6 is 0 Å². The van der Waals surface area contributed by atoms with Crippen LogP contribution in [-0.4, -0.2) is 62.0 Å². The molecule has 0 saturated heterocycles. The maximum Gasteiger partial charge on any atom is 0.513 e. The van der Waals surface area contributed by atoms with E-state index in [2.05, 4.69) is 0 Å². The molecule has 1 aromatic rings. The molecule has 0 aromatic heterocycles. The van der Waals surface area contributed by atoms with Crippen LogP contribution in [0.15, 0.2) is 18.2 Å². The summed E-state index contributed by atoms with van der Waals surface area (Å²) >= 11 is 0. The van der Waals surface area contributed by atoms with E-state index in [-0.39, 0.29) is 37.9 Å². The second kappa shape index (κ2) is 18.7. The van der Waals surface area contributed by atoms with Crippen LogP contribution in [0, 0.1) is 5.92 Å². The monoisotopic (exact) mass is 555 g/mol. The fourth-order valence-corrected chi connectivity index (χ4v) is 3.66. The third-order valence-electron chi connectivity index (χ3n) is 5.69. The molecule has 3 atom stereocenters. The van der Waals surface area contributed by atoms with Crippen molar-refractivity contribution < 1.29 is 52.7 Å². The number of carbonyl (C=O) groups is 4. The Morgan fingerprint density at radius 1 is 0.795 bits per heavy atom. The van der Waals surface area contributed by atoms with Crippen molar-refractivity contribution in [1.29, 1.82) is 0 Å². The van der Waals surface area contributed by atoms with Crippen LogP contribution in [0.4, 0.5) is 14.4 Å². The van der Waals surface area contributed by atoms with Crippen LogP contribution in [0.3, 0.4) is 0 Å². The van der Waals surface area contributed by atoms with Gasteiger partial charge >= 0.3 is 24.4 Å². The molecular formula is C27H41NO11. The average molecular weight is 556 g/mol. The topological polar surface area (TPSA) is 170 Å². The minimum Gasteiger partial charge on any atom is -0.480 e. The molecule has 0 amide bonds. The average Bonchev–Trinajstić information content (AvgIpc) is 2.89. The highest BCUT2D eigenvalue weighted by Gasteiger charge is 2.33. The Labute approximate surface area is 229 Å². The zero-order chi connectivity index (χ0) is 29.2. The fourth-order valence-electron chi connectivity index (χ4n) is 3.66. The first-order chi connectivity index (χ1) is 18.6. The summed E-state index contributed by atoms with van der Waals surface area (Å²) in [6.07, 6.45) is 2.01. The Morgan fingerprint density at radius 3 is 1.87 bits per heavy atom. The molecule has 1 rings (SSSR count). The van der Waals surface area contributed by atoms with Crippen LogP contribution in [0.5, 0.6) is 11.5 Å². The van der Waals surface area contributed by atoms with Gasteiger partial charge in [-0.1, -0.05) is 52.5 Å². The predicted octanol–water partition coefficient (Wildman–Crippen LogP) is 5.40. The smallest absolute Gasteiger partial charge is 0.480 e. The van der Waals surface area contributed by atoms with Crippen molar-refractivity contribution in [3.63, 3.8) is 0 Å². The van der Waals surface area contributed by atoms with Gasteiger partial charge in [-0.3, -0.25) is 4.79 Å². The van der Waals surface area contributed by atoms with E-state index < -0.39 is 42.3 Å². The number of ether oxygens (including phenoxy) is 6. The molecule has 0 aliphatic rings. The maximum atomic E-state index is 12.3. The fraction of sp³-hybridized carbons (Fsp3) is 0.630. The number of hydrogen-bond acceptors (Lipinski definition) is 11. The van der Waals surface area contributed by atoms with Gasteiger partial charge in [-0.05, 0) is 43.4 Å². The van der Waals surface area contributed by atoms with Gasteiger partial charge in [0.05, 0.1) is 26.4 Å². The van der Waals surface area contributed by atoms with Gasteiger partial charge < -0.3 is 39.3 Å². The lowest BCUT2D eigenvalue weighted by molar-refractivity contribution is -0.139. The van der Waals surface area contributed by atoms with Crippen molar-refractivity contribution in [2.45, 2.75) is 78.2 Å². The van der Waals surface area contributed by atoms with Crippen LogP contribution in [-0.2, 0) is 23.7 Å². The molecule has 12 heteroatoms. The van der Waals surface area contributed by atoms with Gasteiger partial charge in [0.15, 0.2) is 11.5 Å². The molecule has 0 saturated carbocycles. The summed E-state index contributed by atoms with van der Waals surface area (Å²) in [5.41, 5.74) is 6.33. The van der Waals surface area contributed by atoms with E-state index in [0.717, 1.165) is 25.7 Å². The summed E-state index contributed by atoms with van der Waals surface area (Å²) < 4.78 is 30.6. The molecule has 3 N–H and O–H groups in total. The molecule has 0 radical (unpaired) electrons. The molecule has 39 heavy (non-hydrogen) atoms. The second-order valence-electron chi connectivity index (χ2n) is 8.88. The number of aliphatic carboxylic acids is 1. The van der Waals surface area contributed by atoms with Crippen molar-refractivity contribution >= 4 is 24.4 Å². The summed E-state index contributed by atoms with van der Waals surface area (Å²) in [4.78, 5) is 48.0. The minimum absolute atomic E-state index is 0.114. The van der Waals surface area contributed by atoms with Gasteiger partial charge in [-0.15, -0.1) is 0 Å². The number of rotatable bonds is 17. The number of unbranched alkanes of at least 4 members (excludes halogenated alkanes) is 4. The molecule has 0 heterocycles. The Morgan fingerprint density at radius 2 is 1.36 bits per heavy atom. The number of carboxylic acids is 1. The van der Waals surface area contributed by atoms with E-state index in [9.17, 15) is 24.3 Å². The van der Waals surface area contributed by atoms with Gasteiger partial charge in [0.1, 0.15) is 6.04 Å². The van der Waals surface area contributed by atoms with Crippen LogP contribution in [0.1, 0.15) is 77.7 Å². The first-order valence-electron chi connectivity index (χ1n) is 13.3. The summed E-state index contributed by atoms with van der Waals surface area (Å²) in [5.74, 6) is -3.11. The normalized spacial score (nSPS) is 12.9. The van der Waals surface area contributed by atoms with Gasteiger partial charge in [-0.2, -0.15) is 0 Å². The van der Waals surface area contributed by atoms with Crippen molar-refractivity contribution in [3.8, 4) is 11.5 Å².